The van der Waals surface area contributed by atoms with E-state index < -0.39 is 0 Å². The van der Waals surface area contributed by atoms with Crippen molar-refractivity contribution in [2.45, 2.75) is 58.8 Å². The highest BCUT2D eigenvalue weighted by molar-refractivity contribution is 5.17. The van der Waals surface area contributed by atoms with Crippen LogP contribution in [0.25, 0.3) is 0 Å². The lowest BCUT2D eigenvalue weighted by molar-refractivity contribution is -0.0858. The zero-order valence-corrected chi connectivity index (χ0v) is 14.1. The summed E-state index contributed by atoms with van der Waals surface area (Å²) in [5, 5.41) is 10.0. The molecule has 2 heteroatoms. The summed E-state index contributed by atoms with van der Waals surface area (Å²) < 4.78 is 5.21. The maximum Gasteiger partial charge on any atom is 0.0934 e. The molecule has 3 rings (SSSR count). The maximum atomic E-state index is 10.0. The number of furan rings is 1. The van der Waals surface area contributed by atoms with Crippen LogP contribution < -0.4 is 0 Å². The Morgan fingerprint density at radius 3 is 2.86 bits per heavy atom. The normalized spacial score (nSPS) is 38.8. The molecule has 22 heavy (non-hydrogen) atoms. The topological polar surface area (TPSA) is 33.4 Å². The van der Waals surface area contributed by atoms with Gasteiger partial charge in [-0.25, -0.2) is 0 Å². The molecule has 0 saturated heterocycles. The largest absolute Gasteiger partial charge is 0.472 e. The molecule has 4 unspecified atom stereocenters. The number of fused-ring (bicyclic) bond motifs is 1. The first-order valence-electron chi connectivity index (χ1n) is 8.79. The summed E-state index contributed by atoms with van der Waals surface area (Å²) in [6.07, 6.45) is 11.9. The van der Waals surface area contributed by atoms with Gasteiger partial charge in [0.15, 0.2) is 0 Å². The minimum atomic E-state index is 0.0988. The first-order valence-corrected chi connectivity index (χ1v) is 8.79. The van der Waals surface area contributed by atoms with Crippen LogP contribution in [-0.4, -0.2) is 11.7 Å². The molecule has 0 radical (unpaired) electrons. The molecule has 0 bridgehead atoms. The highest BCUT2D eigenvalue weighted by Gasteiger charge is 2.53. The van der Waals surface area contributed by atoms with Crippen LogP contribution in [0.5, 0.6) is 0 Å². The SMILES string of the molecule is C=C1CCC2C(C)(CO)CCCC2(C)C1CCc1ccoc1. The van der Waals surface area contributed by atoms with Gasteiger partial charge in [-0.3, -0.25) is 0 Å². The van der Waals surface area contributed by atoms with Crippen LogP contribution in [0.4, 0.5) is 0 Å². The summed E-state index contributed by atoms with van der Waals surface area (Å²) in [4.78, 5) is 0. The molecule has 1 aromatic heterocycles. The summed E-state index contributed by atoms with van der Waals surface area (Å²) in [7, 11) is 0. The van der Waals surface area contributed by atoms with Gasteiger partial charge in [-0.1, -0.05) is 32.4 Å². The fourth-order valence-corrected chi connectivity index (χ4v) is 5.55. The maximum absolute atomic E-state index is 10.0. The van der Waals surface area contributed by atoms with E-state index in [-0.39, 0.29) is 5.41 Å². The smallest absolute Gasteiger partial charge is 0.0934 e. The minimum Gasteiger partial charge on any atom is -0.472 e. The van der Waals surface area contributed by atoms with E-state index in [9.17, 15) is 5.11 Å². The second-order valence-corrected chi connectivity index (χ2v) is 8.14. The van der Waals surface area contributed by atoms with Crippen molar-refractivity contribution in [1.29, 1.82) is 0 Å². The number of aliphatic hydroxyl groups is 1. The third-order valence-electron chi connectivity index (χ3n) is 6.81. The molecule has 0 aliphatic heterocycles. The minimum absolute atomic E-state index is 0.0988. The molecule has 0 aromatic carbocycles. The number of aliphatic hydroxyl groups excluding tert-OH is 1. The first kappa shape index (κ1) is 15.9. The van der Waals surface area contributed by atoms with Gasteiger partial charge in [0.1, 0.15) is 0 Å². The Labute approximate surface area is 134 Å². The number of aryl methyl sites for hydroxylation is 1. The predicted octanol–water partition coefficient (Wildman–Crippen LogP) is 4.98. The molecule has 1 heterocycles. The van der Waals surface area contributed by atoms with Gasteiger partial charge in [0.2, 0.25) is 0 Å². The Bertz CT molecular complexity index is 518. The molecule has 2 saturated carbocycles. The van der Waals surface area contributed by atoms with Crippen LogP contribution in [0.1, 0.15) is 57.9 Å². The van der Waals surface area contributed by atoms with Crippen molar-refractivity contribution in [3.8, 4) is 0 Å². The zero-order chi connectivity index (χ0) is 15.8. The summed E-state index contributed by atoms with van der Waals surface area (Å²) in [5.74, 6) is 1.20. The molecule has 2 fully saturated rings. The molecule has 0 spiro atoms. The highest BCUT2D eigenvalue weighted by atomic mass is 16.3. The molecule has 2 aliphatic carbocycles. The van der Waals surface area contributed by atoms with Crippen molar-refractivity contribution in [2.75, 3.05) is 6.61 Å². The molecule has 2 nitrogen and oxygen atoms in total. The molecular formula is C20H30O2. The van der Waals surface area contributed by atoms with E-state index in [1.165, 1.54) is 36.8 Å². The van der Waals surface area contributed by atoms with Gasteiger partial charge in [-0.2, -0.15) is 0 Å². The van der Waals surface area contributed by atoms with Gasteiger partial charge in [0, 0.05) is 6.61 Å². The molecule has 122 valence electrons. The van der Waals surface area contributed by atoms with Crippen LogP contribution in [0.3, 0.4) is 0 Å². The van der Waals surface area contributed by atoms with E-state index in [4.69, 9.17) is 4.42 Å². The number of hydrogen-bond acceptors (Lipinski definition) is 2. The number of allylic oxidation sites excluding steroid dienone is 1. The lowest BCUT2D eigenvalue weighted by Gasteiger charge is -2.58. The van der Waals surface area contributed by atoms with Gasteiger partial charge >= 0.3 is 0 Å². The molecule has 0 amide bonds. The van der Waals surface area contributed by atoms with Crippen molar-refractivity contribution >= 4 is 0 Å². The summed E-state index contributed by atoms with van der Waals surface area (Å²) >= 11 is 0. The third-order valence-corrected chi connectivity index (χ3v) is 6.81. The van der Waals surface area contributed by atoms with E-state index in [1.807, 2.05) is 6.26 Å². The average Bonchev–Trinajstić information content (AvgIpc) is 2.99. The molecular weight excluding hydrogens is 272 g/mol. The van der Waals surface area contributed by atoms with Crippen molar-refractivity contribution in [3.05, 3.63) is 36.3 Å². The second-order valence-electron chi connectivity index (χ2n) is 8.14. The molecule has 2 aliphatic rings. The van der Waals surface area contributed by atoms with Crippen molar-refractivity contribution in [1.82, 2.24) is 0 Å². The van der Waals surface area contributed by atoms with Crippen LogP contribution in [0.2, 0.25) is 0 Å². The third kappa shape index (κ3) is 2.56. The standard InChI is InChI=1S/C20H30O2/c1-15-5-8-18-19(2,14-21)10-4-11-20(18,3)17(15)7-6-16-9-12-22-13-16/h9,12-13,17-18,21H,1,4-8,10-11,14H2,2-3H3. The van der Waals surface area contributed by atoms with Crippen LogP contribution >= 0.6 is 0 Å². The summed E-state index contributed by atoms with van der Waals surface area (Å²) in [5.41, 5.74) is 3.12. The van der Waals surface area contributed by atoms with Gasteiger partial charge in [0.05, 0.1) is 12.5 Å². The van der Waals surface area contributed by atoms with Gasteiger partial charge in [-0.05, 0) is 72.8 Å². The van der Waals surface area contributed by atoms with E-state index in [0.717, 1.165) is 19.3 Å². The Balaban J connectivity index is 1.82. The lowest BCUT2D eigenvalue weighted by atomic mass is 9.47. The Kier molecular flexibility index (Phi) is 4.24. The molecule has 1 N–H and O–H groups in total. The van der Waals surface area contributed by atoms with Crippen LogP contribution in [0.15, 0.2) is 35.2 Å². The Hall–Kier alpha value is -1.02. The zero-order valence-electron chi connectivity index (χ0n) is 14.1. The van der Waals surface area contributed by atoms with E-state index >= 15 is 0 Å². The Morgan fingerprint density at radius 2 is 2.18 bits per heavy atom. The lowest BCUT2D eigenvalue weighted by Crippen LogP contribution is -2.51. The molecule has 1 aromatic rings. The van der Waals surface area contributed by atoms with E-state index in [1.54, 1.807) is 6.26 Å². The highest BCUT2D eigenvalue weighted by Crippen LogP contribution is 2.61. The van der Waals surface area contributed by atoms with E-state index in [0.29, 0.717) is 23.9 Å². The fourth-order valence-electron chi connectivity index (χ4n) is 5.55. The van der Waals surface area contributed by atoms with E-state index in [2.05, 4.69) is 26.5 Å². The van der Waals surface area contributed by atoms with Gasteiger partial charge < -0.3 is 9.52 Å². The molecule has 4 atom stereocenters. The summed E-state index contributed by atoms with van der Waals surface area (Å²) in [6.45, 7) is 9.52. The van der Waals surface area contributed by atoms with Crippen molar-refractivity contribution in [3.63, 3.8) is 0 Å². The van der Waals surface area contributed by atoms with Gasteiger partial charge in [0.25, 0.3) is 0 Å². The van der Waals surface area contributed by atoms with Crippen LogP contribution in [-0.2, 0) is 6.42 Å². The van der Waals surface area contributed by atoms with Crippen LogP contribution in [0, 0.1) is 22.7 Å². The fraction of sp³-hybridized carbons (Fsp3) is 0.700. The second kappa shape index (κ2) is 5.88. The monoisotopic (exact) mass is 302 g/mol. The van der Waals surface area contributed by atoms with Gasteiger partial charge in [-0.15, -0.1) is 0 Å². The Morgan fingerprint density at radius 1 is 1.36 bits per heavy atom. The van der Waals surface area contributed by atoms with Crippen molar-refractivity contribution in [2.24, 2.45) is 22.7 Å². The predicted molar refractivity (Wildman–Crippen MR) is 89.5 cm³/mol. The number of hydrogen-bond donors (Lipinski definition) is 1. The quantitative estimate of drug-likeness (QED) is 0.795. The first-order chi connectivity index (χ1) is 10.5. The summed E-state index contributed by atoms with van der Waals surface area (Å²) in [6, 6.07) is 2.07. The number of rotatable bonds is 4. The average molecular weight is 302 g/mol. The van der Waals surface area contributed by atoms with Crippen molar-refractivity contribution < 1.29 is 9.52 Å².